The van der Waals surface area contributed by atoms with E-state index in [1.807, 2.05) is 6.07 Å². The molecule has 0 fully saturated rings. The highest BCUT2D eigenvalue weighted by atomic mass is 14.9. The Morgan fingerprint density at radius 1 is 0.944 bits per heavy atom. The van der Waals surface area contributed by atoms with Gasteiger partial charge in [-0.05, 0) is 36.4 Å². The average molecular weight is 234 g/mol. The Hall–Kier alpha value is -2.98. The van der Waals surface area contributed by atoms with E-state index in [1.165, 1.54) is 0 Å². The maximum Gasteiger partial charge on any atom is 0.0992 e. The molecule has 3 N–H and O–H groups in total. The van der Waals surface area contributed by atoms with Crippen molar-refractivity contribution >= 4 is 17.1 Å². The van der Waals surface area contributed by atoms with E-state index in [0.717, 1.165) is 5.69 Å². The smallest absolute Gasteiger partial charge is 0.0992 e. The average Bonchev–Trinajstić information content (AvgIpc) is 2.41. The molecule has 0 saturated heterocycles. The van der Waals surface area contributed by atoms with E-state index in [-0.39, 0.29) is 0 Å². The lowest BCUT2D eigenvalue weighted by atomic mass is 10.1. The van der Waals surface area contributed by atoms with Crippen molar-refractivity contribution < 1.29 is 0 Å². The summed E-state index contributed by atoms with van der Waals surface area (Å²) < 4.78 is 0. The Labute approximate surface area is 105 Å². The predicted octanol–water partition coefficient (Wildman–Crippen LogP) is 2.76. The molecule has 18 heavy (non-hydrogen) atoms. The van der Waals surface area contributed by atoms with Gasteiger partial charge in [-0.25, -0.2) is 0 Å². The molecule has 4 heteroatoms. The van der Waals surface area contributed by atoms with Gasteiger partial charge in [0.15, 0.2) is 0 Å². The molecule has 2 aromatic carbocycles. The van der Waals surface area contributed by atoms with Crippen molar-refractivity contribution in [2.45, 2.75) is 0 Å². The minimum atomic E-state index is 0.531. The fraction of sp³-hybridized carbons (Fsp3) is 0. The number of nitrogens with two attached hydrogens (primary N) is 1. The van der Waals surface area contributed by atoms with Crippen LogP contribution in [-0.4, -0.2) is 0 Å². The standard InChI is InChI=1S/C14H10N4/c15-8-10-2-1-3-12(6-10)18-14-7-11(9-16)4-5-13(14)17/h1-7,18H,17H2. The highest BCUT2D eigenvalue weighted by Gasteiger charge is 2.02. The van der Waals surface area contributed by atoms with Crippen LogP contribution < -0.4 is 11.1 Å². The largest absolute Gasteiger partial charge is 0.397 e. The summed E-state index contributed by atoms with van der Waals surface area (Å²) in [5.41, 5.74) is 8.89. The molecule has 0 aliphatic heterocycles. The maximum atomic E-state index is 8.84. The first-order chi connectivity index (χ1) is 8.72. The molecule has 0 aromatic heterocycles. The molecule has 0 aliphatic carbocycles. The minimum Gasteiger partial charge on any atom is -0.397 e. The van der Waals surface area contributed by atoms with E-state index in [9.17, 15) is 0 Å². The summed E-state index contributed by atoms with van der Waals surface area (Å²) in [6, 6.07) is 16.2. The van der Waals surface area contributed by atoms with Gasteiger partial charge in [-0.2, -0.15) is 10.5 Å². The molecule has 0 spiro atoms. The van der Waals surface area contributed by atoms with Gasteiger partial charge >= 0.3 is 0 Å². The minimum absolute atomic E-state index is 0.531. The lowest BCUT2D eigenvalue weighted by molar-refractivity contribution is 1.46. The monoisotopic (exact) mass is 234 g/mol. The lowest BCUT2D eigenvalue weighted by Gasteiger charge is -2.09. The van der Waals surface area contributed by atoms with Gasteiger partial charge in [0.2, 0.25) is 0 Å². The highest BCUT2D eigenvalue weighted by molar-refractivity contribution is 5.74. The summed E-state index contributed by atoms with van der Waals surface area (Å²) >= 11 is 0. The van der Waals surface area contributed by atoms with Crippen LogP contribution in [0.2, 0.25) is 0 Å². The van der Waals surface area contributed by atoms with E-state index in [0.29, 0.717) is 22.5 Å². The van der Waals surface area contributed by atoms with Crippen LogP contribution in [0.3, 0.4) is 0 Å². The molecular formula is C14H10N4. The first-order valence-corrected chi connectivity index (χ1v) is 5.30. The van der Waals surface area contributed by atoms with Crippen molar-refractivity contribution in [1.29, 1.82) is 10.5 Å². The molecule has 0 saturated carbocycles. The molecule has 0 unspecified atom stereocenters. The molecule has 2 rings (SSSR count). The first kappa shape index (κ1) is 11.5. The van der Waals surface area contributed by atoms with Crippen LogP contribution >= 0.6 is 0 Å². The second-order valence-corrected chi connectivity index (χ2v) is 3.73. The summed E-state index contributed by atoms with van der Waals surface area (Å²) in [4.78, 5) is 0. The van der Waals surface area contributed by atoms with Crippen LogP contribution in [0.4, 0.5) is 17.1 Å². The van der Waals surface area contributed by atoms with Gasteiger partial charge in [0.25, 0.3) is 0 Å². The van der Waals surface area contributed by atoms with Crippen molar-refractivity contribution in [2.75, 3.05) is 11.1 Å². The summed E-state index contributed by atoms with van der Waals surface area (Å²) in [7, 11) is 0. The quantitative estimate of drug-likeness (QED) is 0.782. The number of nitriles is 2. The normalized spacial score (nSPS) is 9.22. The summed E-state index contributed by atoms with van der Waals surface area (Å²) in [6.45, 7) is 0. The third-order valence-corrected chi connectivity index (χ3v) is 2.45. The van der Waals surface area contributed by atoms with Crippen molar-refractivity contribution in [1.82, 2.24) is 0 Å². The predicted molar refractivity (Wildman–Crippen MR) is 70.0 cm³/mol. The highest BCUT2D eigenvalue weighted by Crippen LogP contribution is 2.24. The topological polar surface area (TPSA) is 85.6 Å². The van der Waals surface area contributed by atoms with Crippen LogP contribution in [0.25, 0.3) is 0 Å². The summed E-state index contributed by atoms with van der Waals surface area (Å²) in [6.07, 6.45) is 0. The van der Waals surface area contributed by atoms with Gasteiger partial charge in [-0.3, -0.25) is 0 Å². The van der Waals surface area contributed by atoms with E-state index in [2.05, 4.69) is 17.5 Å². The van der Waals surface area contributed by atoms with Crippen molar-refractivity contribution in [2.24, 2.45) is 0 Å². The third kappa shape index (κ3) is 2.40. The van der Waals surface area contributed by atoms with Gasteiger partial charge in [0.05, 0.1) is 34.6 Å². The van der Waals surface area contributed by atoms with E-state index in [4.69, 9.17) is 16.3 Å². The number of hydrogen-bond acceptors (Lipinski definition) is 4. The summed E-state index contributed by atoms with van der Waals surface area (Å²) in [5.74, 6) is 0. The zero-order valence-corrected chi connectivity index (χ0v) is 9.51. The van der Waals surface area contributed by atoms with Gasteiger partial charge in [0.1, 0.15) is 0 Å². The molecule has 0 bridgehead atoms. The van der Waals surface area contributed by atoms with Crippen LogP contribution in [0.15, 0.2) is 42.5 Å². The SMILES string of the molecule is N#Cc1cccc(Nc2cc(C#N)ccc2N)c1. The van der Waals surface area contributed by atoms with Crippen LogP contribution in [0, 0.1) is 22.7 Å². The number of nitrogens with zero attached hydrogens (tertiary/aromatic N) is 2. The molecule has 0 atom stereocenters. The molecule has 2 aromatic rings. The van der Waals surface area contributed by atoms with E-state index < -0.39 is 0 Å². The van der Waals surface area contributed by atoms with Crippen molar-refractivity contribution in [3.8, 4) is 12.1 Å². The zero-order valence-electron chi connectivity index (χ0n) is 9.51. The lowest BCUT2D eigenvalue weighted by Crippen LogP contribution is -1.97. The Morgan fingerprint density at radius 3 is 2.39 bits per heavy atom. The second kappa shape index (κ2) is 4.90. The molecule has 0 amide bonds. The number of rotatable bonds is 2. The van der Waals surface area contributed by atoms with Gasteiger partial charge < -0.3 is 11.1 Å². The molecule has 0 aliphatic rings. The number of benzene rings is 2. The Kier molecular flexibility index (Phi) is 3.13. The number of nitrogen functional groups attached to an aromatic ring is 1. The first-order valence-electron chi connectivity index (χ1n) is 5.30. The second-order valence-electron chi connectivity index (χ2n) is 3.73. The molecular weight excluding hydrogens is 224 g/mol. The molecule has 0 heterocycles. The Bertz CT molecular complexity index is 662. The Morgan fingerprint density at radius 2 is 1.67 bits per heavy atom. The maximum absolute atomic E-state index is 8.84. The number of anilines is 3. The number of hydrogen-bond donors (Lipinski definition) is 2. The molecule has 0 radical (unpaired) electrons. The van der Waals surface area contributed by atoms with Crippen molar-refractivity contribution in [3.05, 3.63) is 53.6 Å². The fourth-order valence-electron chi connectivity index (χ4n) is 1.56. The Balaban J connectivity index is 2.34. The van der Waals surface area contributed by atoms with Crippen LogP contribution in [0.1, 0.15) is 11.1 Å². The van der Waals surface area contributed by atoms with Crippen molar-refractivity contribution in [3.63, 3.8) is 0 Å². The number of nitrogens with one attached hydrogen (secondary N) is 1. The van der Waals surface area contributed by atoms with Crippen LogP contribution in [0.5, 0.6) is 0 Å². The fourth-order valence-corrected chi connectivity index (χ4v) is 1.56. The third-order valence-electron chi connectivity index (χ3n) is 2.45. The van der Waals surface area contributed by atoms with Crippen LogP contribution in [-0.2, 0) is 0 Å². The molecule has 4 nitrogen and oxygen atoms in total. The molecule has 86 valence electrons. The van der Waals surface area contributed by atoms with Gasteiger partial charge in [0, 0.05) is 5.69 Å². The van der Waals surface area contributed by atoms with E-state index in [1.54, 1.807) is 36.4 Å². The van der Waals surface area contributed by atoms with Gasteiger partial charge in [-0.1, -0.05) is 6.07 Å². The zero-order chi connectivity index (χ0) is 13.0. The van der Waals surface area contributed by atoms with E-state index >= 15 is 0 Å². The summed E-state index contributed by atoms with van der Waals surface area (Å²) in [5, 5.41) is 20.8. The van der Waals surface area contributed by atoms with Gasteiger partial charge in [-0.15, -0.1) is 0 Å².